The number of nitrogens with zero attached hydrogens (tertiary/aromatic N) is 5. The molecule has 2 aromatic heterocycles. The first-order valence-electron chi connectivity index (χ1n) is 7.87. The van der Waals surface area contributed by atoms with E-state index in [1.165, 1.54) is 0 Å². The van der Waals surface area contributed by atoms with Gasteiger partial charge in [0.25, 0.3) is 5.56 Å². The van der Waals surface area contributed by atoms with Crippen molar-refractivity contribution < 1.29 is 0 Å². The molecule has 0 saturated carbocycles. The van der Waals surface area contributed by atoms with Crippen LogP contribution in [0.25, 0.3) is 0 Å². The Bertz CT molecular complexity index is 671. The van der Waals surface area contributed by atoms with Gasteiger partial charge in [-0.25, -0.2) is 5.10 Å². The van der Waals surface area contributed by atoms with Crippen molar-refractivity contribution in [2.24, 2.45) is 0 Å². The number of aryl methyl sites for hydroxylation is 1. The van der Waals surface area contributed by atoms with Crippen molar-refractivity contribution in [2.45, 2.75) is 52.2 Å². The van der Waals surface area contributed by atoms with Gasteiger partial charge in [0.1, 0.15) is 11.6 Å². The van der Waals surface area contributed by atoms with Gasteiger partial charge in [0.05, 0.1) is 18.3 Å². The third-order valence-corrected chi connectivity index (χ3v) is 4.21. The zero-order chi connectivity index (χ0) is 15.5. The number of aromatic nitrogens is 5. The third-order valence-electron chi connectivity index (χ3n) is 4.21. The van der Waals surface area contributed by atoms with Crippen LogP contribution in [0.15, 0.2) is 16.9 Å². The molecule has 3 heterocycles. The van der Waals surface area contributed by atoms with Gasteiger partial charge in [-0.2, -0.15) is 5.10 Å². The number of H-pyrrole nitrogens is 1. The van der Waals surface area contributed by atoms with Gasteiger partial charge in [-0.15, -0.1) is 10.2 Å². The normalized spacial score (nSPS) is 18.9. The Morgan fingerprint density at radius 2 is 2.23 bits per heavy atom. The molecule has 7 heteroatoms. The minimum absolute atomic E-state index is 0.161. The van der Waals surface area contributed by atoms with Crippen LogP contribution in [0.5, 0.6) is 0 Å². The summed E-state index contributed by atoms with van der Waals surface area (Å²) >= 11 is 0. The number of hydrogen-bond donors (Lipinski definition) is 1. The second kappa shape index (κ2) is 6.39. The van der Waals surface area contributed by atoms with Crippen molar-refractivity contribution in [3.63, 3.8) is 0 Å². The summed E-state index contributed by atoms with van der Waals surface area (Å²) in [5, 5.41) is 15.3. The van der Waals surface area contributed by atoms with Crippen LogP contribution in [0.4, 0.5) is 0 Å². The van der Waals surface area contributed by atoms with Crippen LogP contribution in [0.2, 0.25) is 0 Å². The van der Waals surface area contributed by atoms with Crippen molar-refractivity contribution in [1.29, 1.82) is 0 Å². The second-order valence-electron chi connectivity index (χ2n) is 5.79. The molecule has 1 N–H and O–H groups in total. The maximum absolute atomic E-state index is 11.2. The van der Waals surface area contributed by atoms with Crippen LogP contribution < -0.4 is 5.56 Å². The average Bonchev–Trinajstić information content (AvgIpc) is 3.10. The summed E-state index contributed by atoms with van der Waals surface area (Å²) in [6, 6.07) is 3.61. The number of likely N-dealkylation sites (tertiary alicyclic amines) is 1. The minimum Gasteiger partial charge on any atom is -0.314 e. The van der Waals surface area contributed by atoms with Gasteiger partial charge in [-0.3, -0.25) is 9.69 Å². The average molecular weight is 302 g/mol. The first-order chi connectivity index (χ1) is 10.7. The van der Waals surface area contributed by atoms with Crippen molar-refractivity contribution in [3.8, 4) is 0 Å². The zero-order valence-electron chi connectivity index (χ0n) is 13.1. The second-order valence-corrected chi connectivity index (χ2v) is 5.79. The molecule has 118 valence electrons. The predicted molar refractivity (Wildman–Crippen MR) is 82.3 cm³/mol. The summed E-state index contributed by atoms with van der Waals surface area (Å²) in [5.74, 6) is 1.98. The molecule has 1 aliphatic heterocycles. The molecule has 7 nitrogen and oxygen atoms in total. The van der Waals surface area contributed by atoms with Gasteiger partial charge < -0.3 is 4.57 Å². The molecule has 1 fully saturated rings. The van der Waals surface area contributed by atoms with Gasteiger partial charge in [0.15, 0.2) is 0 Å². The maximum Gasteiger partial charge on any atom is 0.264 e. The topological polar surface area (TPSA) is 79.7 Å². The Balaban J connectivity index is 1.79. The van der Waals surface area contributed by atoms with Crippen molar-refractivity contribution in [2.75, 3.05) is 6.54 Å². The Morgan fingerprint density at radius 1 is 1.36 bits per heavy atom. The SMILES string of the molecule is CCCn1c(C)nnc1CN1CCCC1c1ccc(=O)[nH]n1. The molecule has 0 radical (unpaired) electrons. The largest absolute Gasteiger partial charge is 0.314 e. The van der Waals surface area contributed by atoms with Gasteiger partial charge in [0.2, 0.25) is 0 Å². The fourth-order valence-corrected chi connectivity index (χ4v) is 3.13. The van der Waals surface area contributed by atoms with Crippen LogP contribution >= 0.6 is 0 Å². The highest BCUT2D eigenvalue weighted by molar-refractivity contribution is 5.08. The summed E-state index contributed by atoms with van der Waals surface area (Å²) in [4.78, 5) is 13.5. The Labute approximate surface area is 129 Å². The molecular formula is C15H22N6O. The van der Waals surface area contributed by atoms with E-state index in [4.69, 9.17) is 0 Å². The highest BCUT2D eigenvalue weighted by atomic mass is 16.1. The lowest BCUT2D eigenvalue weighted by atomic mass is 10.1. The Kier molecular flexibility index (Phi) is 4.33. The monoisotopic (exact) mass is 302 g/mol. The van der Waals surface area contributed by atoms with Gasteiger partial charge in [-0.1, -0.05) is 6.92 Å². The fourth-order valence-electron chi connectivity index (χ4n) is 3.13. The highest BCUT2D eigenvalue weighted by Crippen LogP contribution is 2.31. The number of aromatic amines is 1. The summed E-state index contributed by atoms with van der Waals surface area (Å²) in [6.07, 6.45) is 3.25. The van der Waals surface area contributed by atoms with E-state index in [-0.39, 0.29) is 11.6 Å². The van der Waals surface area contributed by atoms with Crippen molar-refractivity contribution in [3.05, 3.63) is 39.8 Å². The van der Waals surface area contributed by atoms with E-state index in [9.17, 15) is 4.79 Å². The Hall–Kier alpha value is -2.02. The molecule has 0 amide bonds. The minimum atomic E-state index is -0.161. The van der Waals surface area contributed by atoms with Gasteiger partial charge >= 0.3 is 0 Å². The smallest absolute Gasteiger partial charge is 0.264 e. The quantitative estimate of drug-likeness (QED) is 0.903. The summed E-state index contributed by atoms with van der Waals surface area (Å²) in [7, 11) is 0. The molecule has 2 aromatic rings. The van der Waals surface area contributed by atoms with Crippen molar-refractivity contribution >= 4 is 0 Å². The Morgan fingerprint density at radius 3 is 2.95 bits per heavy atom. The van der Waals surface area contributed by atoms with E-state index in [0.717, 1.165) is 56.2 Å². The van der Waals surface area contributed by atoms with E-state index in [1.807, 2.05) is 13.0 Å². The summed E-state index contributed by atoms with van der Waals surface area (Å²) < 4.78 is 2.19. The lowest BCUT2D eigenvalue weighted by Gasteiger charge is -2.23. The first-order valence-corrected chi connectivity index (χ1v) is 7.87. The third kappa shape index (κ3) is 2.94. The maximum atomic E-state index is 11.2. The van der Waals surface area contributed by atoms with Crippen molar-refractivity contribution in [1.82, 2.24) is 29.9 Å². The standard InChI is InChI=1S/C15H22N6O/c1-3-8-21-11(2)16-18-14(21)10-20-9-4-5-13(20)12-6-7-15(22)19-17-12/h6-7,13H,3-5,8-10H2,1-2H3,(H,19,22). The molecule has 1 saturated heterocycles. The fraction of sp³-hybridized carbons (Fsp3) is 0.600. The zero-order valence-corrected chi connectivity index (χ0v) is 13.1. The molecule has 0 aromatic carbocycles. The molecule has 0 aliphatic carbocycles. The summed E-state index contributed by atoms with van der Waals surface area (Å²) in [6.45, 7) is 6.89. The number of rotatable bonds is 5. The van der Waals surface area contributed by atoms with Crippen LogP contribution in [0.3, 0.4) is 0 Å². The van der Waals surface area contributed by atoms with E-state index in [0.29, 0.717) is 0 Å². The summed E-state index contributed by atoms with van der Waals surface area (Å²) in [5.41, 5.74) is 0.766. The highest BCUT2D eigenvalue weighted by Gasteiger charge is 2.28. The number of nitrogens with one attached hydrogen (secondary N) is 1. The molecule has 22 heavy (non-hydrogen) atoms. The van der Waals surface area contributed by atoms with E-state index in [1.54, 1.807) is 6.07 Å². The molecule has 1 atom stereocenters. The van der Waals surface area contributed by atoms with Crippen LogP contribution in [0, 0.1) is 6.92 Å². The lowest BCUT2D eigenvalue weighted by molar-refractivity contribution is 0.233. The van der Waals surface area contributed by atoms with E-state index in [2.05, 4.69) is 36.8 Å². The molecule has 3 rings (SSSR count). The number of hydrogen-bond acceptors (Lipinski definition) is 5. The molecule has 1 unspecified atom stereocenters. The van der Waals surface area contributed by atoms with Gasteiger partial charge in [-0.05, 0) is 38.8 Å². The van der Waals surface area contributed by atoms with Crippen LogP contribution in [-0.2, 0) is 13.1 Å². The van der Waals surface area contributed by atoms with Crippen LogP contribution in [-0.4, -0.2) is 36.4 Å². The van der Waals surface area contributed by atoms with E-state index < -0.39 is 0 Å². The molecule has 0 spiro atoms. The molecular weight excluding hydrogens is 280 g/mol. The van der Waals surface area contributed by atoms with Gasteiger partial charge in [0, 0.05) is 12.6 Å². The van der Waals surface area contributed by atoms with E-state index >= 15 is 0 Å². The molecule has 0 bridgehead atoms. The lowest BCUT2D eigenvalue weighted by Crippen LogP contribution is -2.26. The first kappa shape index (κ1) is 14.9. The molecule has 1 aliphatic rings. The van der Waals surface area contributed by atoms with Crippen LogP contribution in [0.1, 0.15) is 49.6 Å². The predicted octanol–water partition coefficient (Wildman–Crippen LogP) is 1.42.